The lowest BCUT2D eigenvalue weighted by Crippen LogP contribution is -3.00. The van der Waals surface area contributed by atoms with Crippen LogP contribution in [0.25, 0.3) is 0 Å². The minimum atomic E-state index is 0. The van der Waals surface area contributed by atoms with Gasteiger partial charge in [0.25, 0.3) is 0 Å². The van der Waals surface area contributed by atoms with Crippen LogP contribution < -0.4 is 12.4 Å². The molecule has 1 aliphatic heterocycles. The van der Waals surface area contributed by atoms with Gasteiger partial charge in [-0.25, -0.2) is 0 Å². The van der Waals surface area contributed by atoms with Crippen molar-refractivity contribution in [3.63, 3.8) is 0 Å². The fourth-order valence-electron chi connectivity index (χ4n) is 0.784. The minimum Gasteiger partial charge on any atom is -1.00 e. The second kappa shape index (κ2) is 2.86. The maximum Gasteiger partial charge on any atom is 0.130 e. The predicted octanol–water partition coefficient (Wildman–Crippen LogP) is -2.90. The minimum absolute atomic E-state index is 0. The van der Waals surface area contributed by atoms with Crippen molar-refractivity contribution >= 4 is 0 Å². The highest BCUT2D eigenvalue weighted by atomic mass is 35.5. The number of hydrogen-bond acceptors (Lipinski definition) is 1. The van der Waals surface area contributed by atoms with Crippen LogP contribution in [0.4, 0.5) is 0 Å². The van der Waals surface area contributed by atoms with E-state index < -0.39 is 0 Å². The molecule has 9 heavy (non-hydrogen) atoms. The molecule has 1 saturated heterocycles. The van der Waals surface area contributed by atoms with Crippen molar-refractivity contribution in [3.8, 4) is 0 Å². The Morgan fingerprint density at radius 2 is 1.89 bits per heavy atom. The zero-order valence-corrected chi connectivity index (χ0v) is 6.98. The Bertz CT molecular complexity index is 85.5. The van der Waals surface area contributed by atoms with Crippen LogP contribution >= 0.6 is 0 Å². The molecule has 0 aromatic heterocycles. The number of quaternary nitrogens is 1. The van der Waals surface area contributed by atoms with Crippen LogP contribution in [-0.4, -0.2) is 44.9 Å². The second-order valence-electron chi connectivity index (χ2n) is 3.43. The number of hydrogen-bond donors (Lipinski definition) is 0. The molecule has 0 spiro atoms. The molecular weight excluding hydrogens is 138 g/mol. The van der Waals surface area contributed by atoms with Gasteiger partial charge in [0.2, 0.25) is 0 Å². The third kappa shape index (κ3) is 4.70. The summed E-state index contributed by atoms with van der Waals surface area (Å²) in [6, 6.07) is 0. The van der Waals surface area contributed by atoms with E-state index in [1.54, 1.807) is 0 Å². The molecule has 0 radical (unpaired) electrons. The molecule has 0 N–H and O–H groups in total. The summed E-state index contributed by atoms with van der Waals surface area (Å²) in [6.07, 6.45) is 0.565. The molecule has 56 valence electrons. The Balaban J connectivity index is 0.000000640. The SMILES string of the molecule is C[N+](C)(C)C[C@@H]1CO1.[Cl-]. The van der Waals surface area contributed by atoms with Crippen molar-refractivity contribution in [2.24, 2.45) is 0 Å². The van der Waals surface area contributed by atoms with Gasteiger partial charge in [0.05, 0.1) is 27.7 Å². The van der Waals surface area contributed by atoms with E-state index in [-0.39, 0.29) is 12.4 Å². The molecule has 0 unspecified atom stereocenters. The number of epoxide rings is 1. The van der Waals surface area contributed by atoms with Crippen LogP contribution in [0.3, 0.4) is 0 Å². The Morgan fingerprint density at radius 3 is 2.00 bits per heavy atom. The second-order valence-corrected chi connectivity index (χ2v) is 3.43. The largest absolute Gasteiger partial charge is 1.00 e. The van der Waals surface area contributed by atoms with Crippen LogP contribution in [0.1, 0.15) is 0 Å². The van der Waals surface area contributed by atoms with Gasteiger partial charge in [0, 0.05) is 0 Å². The number of halogens is 1. The third-order valence-electron chi connectivity index (χ3n) is 1.15. The summed E-state index contributed by atoms with van der Waals surface area (Å²) in [5.41, 5.74) is 0. The van der Waals surface area contributed by atoms with Crippen molar-refractivity contribution in [1.82, 2.24) is 0 Å². The lowest BCUT2D eigenvalue weighted by atomic mass is 10.4. The highest BCUT2D eigenvalue weighted by Gasteiger charge is 2.28. The Hall–Kier alpha value is 0.210. The van der Waals surface area contributed by atoms with E-state index in [0.29, 0.717) is 6.10 Å². The smallest absolute Gasteiger partial charge is 0.130 e. The lowest BCUT2D eigenvalue weighted by molar-refractivity contribution is -0.870. The van der Waals surface area contributed by atoms with Crippen molar-refractivity contribution in [1.29, 1.82) is 0 Å². The fourth-order valence-corrected chi connectivity index (χ4v) is 0.784. The Kier molecular flexibility index (Phi) is 2.93. The Labute approximate surface area is 62.8 Å². The first-order chi connectivity index (χ1) is 3.58. The molecular formula is C6H14ClNO. The molecule has 3 heteroatoms. The van der Waals surface area contributed by atoms with Crippen LogP contribution in [0.2, 0.25) is 0 Å². The topological polar surface area (TPSA) is 12.5 Å². The van der Waals surface area contributed by atoms with E-state index in [2.05, 4.69) is 21.1 Å². The number of likely N-dealkylation sites (N-methyl/N-ethyl adjacent to an activating group) is 1. The molecule has 1 atom stereocenters. The predicted molar refractivity (Wildman–Crippen MR) is 32.6 cm³/mol. The van der Waals surface area contributed by atoms with E-state index in [1.807, 2.05) is 0 Å². The Morgan fingerprint density at radius 1 is 1.44 bits per heavy atom. The molecule has 1 heterocycles. The van der Waals surface area contributed by atoms with Crippen LogP contribution in [0.15, 0.2) is 0 Å². The van der Waals surface area contributed by atoms with Gasteiger partial charge in [-0.05, 0) is 0 Å². The highest BCUT2D eigenvalue weighted by Crippen LogP contribution is 2.11. The zero-order valence-electron chi connectivity index (χ0n) is 6.22. The van der Waals surface area contributed by atoms with Crippen molar-refractivity contribution in [2.75, 3.05) is 34.3 Å². The molecule has 0 aromatic rings. The summed E-state index contributed by atoms with van der Waals surface area (Å²) in [7, 11) is 6.55. The fraction of sp³-hybridized carbons (Fsp3) is 1.00. The standard InChI is InChI=1S/C6H14NO.ClH/c1-7(2,3)4-6-5-8-6;/h6H,4-5H2,1-3H3;1H/q+1;/p-1/t6-;/m1./s1. The average Bonchev–Trinajstić information content (AvgIpc) is 2.12. The molecule has 0 saturated carbocycles. The first kappa shape index (κ1) is 9.21. The summed E-state index contributed by atoms with van der Waals surface area (Å²) in [5, 5.41) is 0. The van der Waals surface area contributed by atoms with Crippen molar-refractivity contribution in [3.05, 3.63) is 0 Å². The molecule has 0 amide bonds. The van der Waals surface area contributed by atoms with Gasteiger partial charge in [-0.1, -0.05) is 0 Å². The molecule has 2 nitrogen and oxygen atoms in total. The van der Waals surface area contributed by atoms with Crippen LogP contribution in [0, 0.1) is 0 Å². The van der Waals surface area contributed by atoms with E-state index in [1.165, 1.54) is 0 Å². The first-order valence-electron chi connectivity index (χ1n) is 3.00. The van der Waals surface area contributed by atoms with Gasteiger partial charge < -0.3 is 21.6 Å². The van der Waals surface area contributed by atoms with Gasteiger partial charge in [-0.15, -0.1) is 0 Å². The van der Waals surface area contributed by atoms with E-state index >= 15 is 0 Å². The first-order valence-corrected chi connectivity index (χ1v) is 3.00. The molecule has 1 aliphatic rings. The van der Waals surface area contributed by atoms with Gasteiger partial charge in [0.15, 0.2) is 0 Å². The molecule has 1 fully saturated rings. The molecule has 0 bridgehead atoms. The van der Waals surface area contributed by atoms with Gasteiger partial charge in [0.1, 0.15) is 12.6 Å². The van der Waals surface area contributed by atoms with Gasteiger partial charge >= 0.3 is 0 Å². The number of ether oxygens (including phenoxy) is 1. The van der Waals surface area contributed by atoms with Crippen molar-refractivity contribution < 1.29 is 21.6 Å². The number of rotatable bonds is 2. The van der Waals surface area contributed by atoms with Gasteiger partial charge in [-0.2, -0.15) is 0 Å². The average molecular weight is 152 g/mol. The monoisotopic (exact) mass is 151 g/mol. The van der Waals surface area contributed by atoms with Crippen LogP contribution in [-0.2, 0) is 4.74 Å². The van der Waals surface area contributed by atoms with Crippen molar-refractivity contribution in [2.45, 2.75) is 6.10 Å². The summed E-state index contributed by atoms with van der Waals surface area (Å²) in [4.78, 5) is 0. The molecule has 0 aromatic carbocycles. The van der Waals surface area contributed by atoms with E-state index in [9.17, 15) is 0 Å². The lowest BCUT2D eigenvalue weighted by Gasteiger charge is -2.22. The normalized spacial score (nSPS) is 25.0. The summed E-state index contributed by atoms with van der Waals surface area (Å²) in [6.45, 7) is 2.13. The molecule has 0 aliphatic carbocycles. The zero-order chi connectivity index (χ0) is 6.20. The third-order valence-corrected chi connectivity index (χ3v) is 1.15. The number of nitrogens with zero attached hydrogens (tertiary/aromatic N) is 1. The summed E-state index contributed by atoms with van der Waals surface area (Å²) < 4.78 is 6.09. The summed E-state index contributed by atoms with van der Waals surface area (Å²) >= 11 is 0. The van der Waals surface area contributed by atoms with E-state index in [0.717, 1.165) is 17.6 Å². The maximum atomic E-state index is 5.07. The maximum absolute atomic E-state index is 5.07. The molecule has 1 rings (SSSR count). The summed E-state index contributed by atoms with van der Waals surface area (Å²) in [5.74, 6) is 0. The van der Waals surface area contributed by atoms with Gasteiger partial charge in [-0.3, -0.25) is 0 Å². The van der Waals surface area contributed by atoms with E-state index in [4.69, 9.17) is 4.74 Å². The highest BCUT2D eigenvalue weighted by molar-refractivity contribution is 4.66. The quantitative estimate of drug-likeness (QED) is 0.305. The van der Waals surface area contributed by atoms with Crippen LogP contribution in [0.5, 0.6) is 0 Å².